The first-order valence-electron chi connectivity index (χ1n) is 4.52. The molecular formula is C8H17N3O. The number of likely N-dealkylation sites (N-methyl/N-ethyl adjacent to an activating group) is 1. The Morgan fingerprint density at radius 2 is 2.17 bits per heavy atom. The summed E-state index contributed by atoms with van der Waals surface area (Å²) in [6.07, 6.45) is 0. The molecule has 0 aromatic heterocycles. The molecule has 0 bridgehead atoms. The van der Waals surface area contributed by atoms with Gasteiger partial charge in [0, 0.05) is 32.7 Å². The predicted molar refractivity (Wildman–Crippen MR) is 48.0 cm³/mol. The van der Waals surface area contributed by atoms with Crippen LogP contribution in [-0.2, 0) is 4.79 Å². The van der Waals surface area contributed by atoms with Gasteiger partial charge in [0.25, 0.3) is 0 Å². The fourth-order valence-electron chi connectivity index (χ4n) is 1.33. The molecule has 12 heavy (non-hydrogen) atoms. The van der Waals surface area contributed by atoms with Gasteiger partial charge < -0.3 is 10.6 Å². The van der Waals surface area contributed by atoms with Gasteiger partial charge in [-0.05, 0) is 6.92 Å². The van der Waals surface area contributed by atoms with Crippen LogP contribution in [-0.4, -0.2) is 50.1 Å². The smallest absolute Gasteiger partial charge is 0.234 e. The zero-order valence-electron chi connectivity index (χ0n) is 7.60. The van der Waals surface area contributed by atoms with E-state index in [2.05, 4.69) is 15.5 Å². The molecule has 1 saturated heterocycles. The van der Waals surface area contributed by atoms with Crippen molar-refractivity contribution in [3.8, 4) is 0 Å². The molecule has 0 aromatic rings. The Balaban J connectivity index is 2.15. The number of nitrogens with one attached hydrogen (secondary N) is 2. The van der Waals surface area contributed by atoms with Gasteiger partial charge in [0.1, 0.15) is 0 Å². The zero-order valence-corrected chi connectivity index (χ0v) is 7.60. The van der Waals surface area contributed by atoms with Gasteiger partial charge in [-0.2, -0.15) is 0 Å². The highest BCUT2D eigenvalue weighted by Gasteiger charge is 2.12. The van der Waals surface area contributed by atoms with Gasteiger partial charge in [-0.3, -0.25) is 9.69 Å². The molecule has 2 N–H and O–H groups in total. The van der Waals surface area contributed by atoms with Gasteiger partial charge in [0.15, 0.2) is 0 Å². The summed E-state index contributed by atoms with van der Waals surface area (Å²) in [4.78, 5) is 13.3. The SMILES string of the molecule is CCNC(=O)CN1CCNCC1. The van der Waals surface area contributed by atoms with Crippen LogP contribution in [0.4, 0.5) is 0 Å². The lowest BCUT2D eigenvalue weighted by molar-refractivity contribution is -0.122. The number of carbonyl (C=O) groups is 1. The third-order valence-electron chi connectivity index (χ3n) is 1.95. The number of rotatable bonds is 3. The summed E-state index contributed by atoms with van der Waals surface area (Å²) in [7, 11) is 0. The third-order valence-corrected chi connectivity index (χ3v) is 1.95. The van der Waals surface area contributed by atoms with Crippen molar-refractivity contribution < 1.29 is 4.79 Å². The minimum atomic E-state index is 0.138. The van der Waals surface area contributed by atoms with E-state index in [1.165, 1.54) is 0 Å². The first kappa shape index (κ1) is 9.48. The second-order valence-electron chi connectivity index (χ2n) is 2.98. The van der Waals surface area contributed by atoms with E-state index in [1.807, 2.05) is 6.92 Å². The van der Waals surface area contributed by atoms with E-state index < -0.39 is 0 Å². The molecule has 4 nitrogen and oxygen atoms in total. The molecule has 1 amide bonds. The van der Waals surface area contributed by atoms with Crippen LogP contribution < -0.4 is 10.6 Å². The van der Waals surface area contributed by atoms with E-state index in [-0.39, 0.29) is 5.91 Å². The van der Waals surface area contributed by atoms with E-state index >= 15 is 0 Å². The highest BCUT2D eigenvalue weighted by atomic mass is 16.2. The molecule has 1 fully saturated rings. The van der Waals surface area contributed by atoms with E-state index in [0.29, 0.717) is 6.54 Å². The molecule has 4 heteroatoms. The summed E-state index contributed by atoms with van der Waals surface area (Å²) >= 11 is 0. The topological polar surface area (TPSA) is 44.4 Å². The average Bonchev–Trinajstić information content (AvgIpc) is 2.06. The number of carbonyl (C=O) groups excluding carboxylic acids is 1. The van der Waals surface area contributed by atoms with Crippen molar-refractivity contribution in [2.24, 2.45) is 0 Å². The van der Waals surface area contributed by atoms with Crippen LogP contribution >= 0.6 is 0 Å². The van der Waals surface area contributed by atoms with Crippen molar-refractivity contribution >= 4 is 5.91 Å². The van der Waals surface area contributed by atoms with Crippen molar-refractivity contribution in [3.05, 3.63) is 0 Å². The largest absolute Gasteiger partial charge is 0.355 e. The molecular weight excluding hydrogens is 154 g/mol. The Bertz CT molecular complexity index is 143. The molecule has 0 radical (unpaired) electrons. The summed E-state index contributed by atoms with van der Waals surface area (Å²) in [5.41, 5.74) is 0. The van der Waals surface area contributed by atoms with Crippen LogP contribution in [0, 0.1) is 0 Å². The van der Waals surface area contributed by atoms with E-state index in [9.17, 15) is 4.79 Å². The first-order valence-corrected chi connectivity index (χ1v) is 4.52. The minimum Gasteiger partial charge on any atom is -0.355 e. The van der Waals surface area contributed by atoms with Crippen LogP contribution in [0.1, 0.15) is 6.92 Å². The molecule has 1 aliphatic heterocycles. The second-order valence-corrected chi connectivity index (χ2v) is 2.98. The summed E-state index contributed by atoms with van der Waals surface area (Å²) in [6, 6.07) is 0. The van der Waals surface area contributed by atoms with E-state index in [0.717, 1.165) is 32.7 Å². The molecule has 0 saturated carbocycles. The Labute approximate surface area is 73.3 Å². The van der Waals surface area contributed by atoms with Crippen molar-refractivity contribution in [2.75, 3.05) is 39.3 Å². The van der Waals surface area contributed by atoms with Gasteiger partial charge in [0.05, 0.1) is 6.54 Å². The fraction of sp³-hybridized carbons (Fsp3) is 0.875. The van der Waals surface area contributed by atoms with Crippen LogP contribution in [0.5, 0.6) is 0 Å². The van der Waals surface area contributed by atoms with Gasteiger partial charge in [-0.1, -0.05) is 0 Å². The lowest BCUT2D eigenvalue weighted by Gasteiger charge is -2.26. The molecule has 0 spiro atoms. The number of piperazine rings is 1. The van der Waals surface area contributed by atoms with Gasteiger partial charge >= 0.3 is 0 Å². The highest BCUT2D eigenvalue weighted by molar-refractivity contribution is 5.77. The Morgan fingerprint density at radius 1 is 1.50 bits per heavy atom. The molecule has 70 valence electrons. The number of amides is 1. The maximum Gasteiger partial charge on any atom is 0.234 e. The van der Waals surface area contributed by atoms with Gasteiger partial charge in [-0.15, -0.1) is 0 Å². The Morgan fingerprint density at radius 3 is 2.75 bits per heavy atom. The van der Waals surface area contributed by atoms with Crippen molar-refractivity contribution in [3.63, 3.8) is 0 Å². The number of hydrogen-bond donors (Lipinski definition) is 2. The van der Waals surface area contributed by atoms with Crippen molar-refractivity contribution in [1.29, 1.82) is 0 Å². The molecule has 0 aromatic carbocycles. The number of nitrogens with zero attached hydrogens (tertiary/aromatic N) is 1. The molecule has 1 rings (SSSR count). The van der Waals surface area contributed by atoms with E-state index in [4.69, 9.17) is 0 Å². The number of hydrogen-bond acceptors (Lipinski definition) is 3. The maximum atomic E-state index is 11.1. The summed E-state index contributed by atoms with van der Waals surface area (Å²) in [5, 5.41) is 6.04. The highest BCUT2D eigenvalue weighted by Crippen LogP contribution is 1.90. The molecule has 0 unspecified atom stereocenters. The maximum absolute atomic E-state index is 11.1. The van der Waals surface area contributed by atoms with E-state index in [1.54, 1.807) is 0 Å². The molecule has 0 aliphatic carbocycles. The van der Waals surface area contributed by atoms with Crippen LogP contribution in [0.3, 0.4) is 0 Å². The standard InChI is InChI=1S/C8H17N3O/c1-2-10-8(12)7-11-5-3-9-4-6-11/h9H,2-7H2,1H3,(H,10,12). The summed E-state index contributed by atoms with van der Waals surface area (Å²) in [6.45, 7) is 7.18. The lowest BCUT2D eigenvalue weighted by atomic mass is 10.3. The van der Waals surface area contributed by atoms with Crippen LogP contribution in [0.15, 0.2) is 0 Å². The summed E-state index contributed by atoms with van der Waals surface area (Å²) < 4.78 is 0. The monoisotopic (exact) mass is 171 g/mol. The summed E-state index contributed by atoms with van der Waals surface area (Å²) in [5.74, 6) is 0.138. The van der Waals surface area contributed by atoms with Crippen molar-refractivity contribution in [1.82, 2.24) is 15.5 Å². The minimum absolute atomic E-state index is 0.138. The molecule has 1 heterocycles. The predicted octanol–water partition coefficient (Wildman–Crippen LogP) is -0.972. The van der Waals surface area contributed by atoms with Gasteiger partial charge in [0.2, 0.25) is 5.91 Å². The third kappa shape index (κ3) is 3.19. The molecule has 0 atom stereocenters. The fourth-order valence-corrected chi connectivity index (χ4v) is 1.33. The van der Waals surface area contributed by atoms with Crippen LogP contribution in [0.25, 0.3) is 0 Å². The lowest BCUT2D eigenvalue weighted by Crippen LogP contribution is -2.47. The van der Waals surface area contributed by atoms with Crippen molar-refractivity contribution in [2.45, 2.75) is 6.92 Å². The Hall–Kier alpha value is -0.610. The quantitative estimate of drug-likeness (QED) is 0.574. The van der Waals surface area contributed by atoms with Crippen LogP contribution in [0.2, 0.25) is 0 Å². The average molecular weight is 171 g/mol. The Kier molecular flexibility index (Phi) is 4.04. The zero-order chi connectivity index (χ0) is 8.81. The second kappa shape index (κ2) is 5.11. The molecule has 1 aliphatic rings. The normalized spacial score (nSPS) is 19.1. The first-order chi connectivity index (χ1) is 5.83. The van der Waals surface area contributed by atoms with Gasteiger partial charge in [-0.25, -0.2) is 0 Å².